The lowest BCUT2D eigenvalue weighted by Gasteiger charge is -2.14. The number of nitrogens with zero attached hydrogens (tertiary/aromatic N) is 5. The fraction of sp³-hybridized carbons (Fsp3) is 0.304. The number of imidazole rings is 1. The van der Waals surface area contributed by atoms with Crippen LogP contribution in [0.4, 0.5) is 35.1 Å². The minimum Gasteiger partial charge on any atom is -0.494 e. The summed E-state index contributed by atoms with van der Waals surface area (Å²) in [6, 6.07) is 6.07. The highest BCUT2D eigenvalue weighted by Crippen LogP contribution is 2.39. The first-order chi connectivity index (χ1) is 16.6. The Labute approximate surface area is 197 Å². The van der Waals surface area contributed by atoms with E-state index in [0.29, 0.717) is 46.4 Å². The van der Waals surface area contributed by atoms with Gasteiger partial charge in [-0.25, -0.2) is 9.37 Å². The zero-order chi connectivity index (χ0) is 24.9. The van der Waals surface area contributed by atoms with E-state index in [1.54, 1.807) is 17.0 Å². The second kappa shape index (κ2) is 8.36. The third-order valence-electron chi connectivity index (χ3n) is 5.58. The Balaban J connectivity index is 1.51. The van der Waals surface area contributed by atoms with Gasteiger partial charge in [-0.15, -0.1) is 0 Å². The maximum Gasteiger partial charge on any atom is 0.419 e. The van der Waals surface area contributed by atoms with Gasteiger partial charge in [0.15, 0.2) is 0 Å². The average Bonchev–Trinajstić information content (AvgIpc) is 3.57. The minimum atomic E-state index is -4.77. The Morgan fingerprint density at radius 1 is 1.06 bits per heavy atom. The minimum absolute atomic E-state index is 0.183. The van der Waals surface area contributed by atoms with Gasteiger partial charge in [0.25, 0.3) is 0 Å². The van der Waals surface area contributed by atoms with Crippen LogP contribution >= 0.6 is 0 Å². The van der Waals surface area contributed by atoms with Crippen molar-refractivity contribution in [3.8, 4) is 17.1 Å². The van der Waals surface area contributed by atoms with Gasteiger partial charge in [-0.3, -0.25) is 0 Å². The molecule has 4 aromatic rings. The summed E-state index contributed by atoms with van der Waals surface area (Å²) in [5.74, 6) is 1.23. The van der Waals surface area contributed by atoms with E-state index < -0.39 is 17.6 Å². The van der Waals surface area contributed by atoms with Crippen LogP contribution in [0.15, 0.2) is 30.3 Å². The lowest BCUT2D eigenvalue weighted by atomic mass is 10.1. The van der Waals surface area contributed by atoms with Gasteiger partial charge in [0.2, 0.25) is 11.9 Å². The third-order valence-corrected chi connectivity index (χ3v) is 5.58. The molecule has 2 aromatic carbocycles. The summed E-state index contributed by atoms with van der Waals surface area (Å²) < 4.78 is 58.3. The lowest BCUT2D eigenvalue weighted by Crippen LogP contribution is -2.16. The Morgan fingerprint density at radius 3 is 2.46 bits per heavy atom. The molecule has 0 radical (unpaired) electrons. The van der Waals surface area contributed by atoms with Gasteiger partial charge in [-0.05, 0) is 31.0 Å². The molecule has 0 spiro atoms. The number of alkyl halides is 3. The molecule has 0 unspecified atom stereocenters. The number of ether oxygens (including phenoxy) is 1. The zero-order valence-corrected chi connectivity index (χ0v) is 19.0. The van der Waals surface area contributed by atoms with Crippen molar-refractivity contribution in [1.29, 1.82) is 0 Å². The Kier molecular flexibility index (Phi) is 5.45. The van der Waals surface area contributed by atoms with Crippen molar-refractivity contribution in [2.75, 3.05) is 31.4 Å². The zero-order valence-electron chi connectivity index (χ0n) is 19.0. The Hall–Kier alpha value is -3.96. The van der Waals surface area contributed by atoms with Gasteiger partial charge in [0.05, 0.1) is 29.4 Å². The number of fused-ring (bicyclic) bond motifs is 1. The predicted molar refractivity (Wildman–Crippen MR) is 122 cm³/mol. The van der Waals surface area contributed by atoms with Gasteiger partial charge >= 0.3 is 6.18 Å². The molecule has 0 amide bonds. The summed E-state index contributed by atoms with van der Waals surface area (Å²) in [4.78, 5) is 22.7. The van der Waals surface area contributed by atoms with E-state index in [1.807, 2.05) is 14.1 Å². The van der Waals surface area contributed by atoms with Crippen LogP contribution in [0.1, 0.15) is 30.1 Å². The van der Waals surface area contributed by atoms with Crippen molar-refractivity contribution >= 4 is 28.6 Å². The molecule has 12 heteroatoms. The number of anilines is 3. The summed E-state index contributed by atoms with van der Waals surface area (Å²) in [5.41, 5.74) is 0.457. The smallest absolute Gasteiger partial charge is 0.419 e. The molecule has 2 aromatic heterocycles. The highest BCUT2D eigenvalue weighted by Gasteiger charge is 2.34. The molecule has 0 atom stereocenters. The van der Waals surface area contributed by atoms with E-state index in [2.05, 4.69) is 30.2 Å². The van der Waals surface area contributed by atoms with Crippen molar-refractivity contribution < 1.29 is 22.3 Å². The van der Waals surface area contributed by atoms with Crippen LogP contribution in [0.2, 0.25) is 0 Å². The maximum absolute atomic E-state index is 14.1. The molecule has 0 bridgehead atoms. The van der Waals surface area contributed by atoms with E-state index in [-0.39, 0.29) is 11.4 Å². The average molecular weight is 487 g/mol. The monoisotopic (exact) mass is 487 g/mol. The van der Waals surface area contributed by atoms with Gasteiger partial charge in [-0.2, -0.15) is 28.1 Å². The van der Waals surface area contributed by atoms with Crippen LogP contribution in [-0.2, 0) is 6.18 Å². The largest absolute Gasteiger partial charge is 0.494 e. The predicted octanol–water partition coefficient (Wildman–Crippen LogP) is 5.27. The van der Waals surface area contributed by atoms with Gasteiger partial charge in [-0.1, -0.05) is 6.07 Å². The number of halogens is 4. The number of hydrogen-bond acceptors (Lipinski definition) is 7. The molecule has 1 saturated carbocycles. The molecule has 2 heterocycles. The van der Waals surface area contributed by atoms with E-state index in [9.17, 15) is 17.6 Å². The van der Waals surface area contributed by atoms with E-state index in [4.69, 9.17) is 4.74 Å². The second-order valence-corrected chi connectivity index (χ2v) is 8.46. The first-order valence-electron chi connectivity index (χ1n) is 10.8. The van der Waals surface area contributed by atoms with Crippen molar-refractivity contribution in [2.24, 2.45) is 0 Å². The van der Waals surface area contributed by atoms with Crippen LogP contribution in [0.3, 0.4) is 0 Å². The van der Waals surface area contributed by atoms with Crippen molar-refractivity contribution in [3.63, 3.8) is 0 Å². The number of methoxy groups -OCH3 is 1. The third kappa shape index (κ3) is 4.55. The quantitative estimate of drug-likeness (QED) is 0.358. The van der Waals surface area contributed by atoms with Gasteiger partial charge < -0.3 is 19.9 Å². The van der Waals surface area contributed by atoms with Crippen molar-refractivity contribution in [1.82, 2.24) is 24.9 Å². The number of H-pyrrole nitrogens is 1. The summed E-state index contributed by atoms with van der Waals surface area (Å²) in [6.07, 6.45) is -2.70. The molecule has 0 saturated heterocycles. The normalized spacial score (nSPS) is 13.8. The van der Waals surface area contributed by atoms with Crippen LogP contribution in [0, 0.1) is 5.82 Å². The number of benzene rings is 2. The van der Waals surface area contributed by atoms with E-state index in [1.165, 1.54) is 13.2 Å². The summed E-state index contributed by atoms with van der Waals surface area (Å²) in [7, 11) is 5.19. The maximum atomic E-state index is 14.1. The van der Waals surface area contributed by atoms with Crippen molar-refractivity contribution in [2.45, 2.75) is 24.9 Å². The molecule has 1 aliphatic carbocycles. The number of rotatable bonds is 6. The molecular weight excluding hydrogens is 466 g/mol. The fourth-order valence-corrected chi connectivity index (χ4v) is 3.61. The van der Waals surface area contributed by atoms with Gasteiger partial charge in [0, 0.05) is 31.6 Å². The molecule has 182 valence electrons. The Morgan fingerprint density at radius 2 is 1.83 bits per heavy atom. The highest BCUT2D eigenvalue weighted by molar-refractivity contribution is 5.86. The molecular formula is C23H21F4N7O. The Bertz CT molecular complexity index is 1390. The molecule has 5 rings (SSSR count). The molecule has 1 aliphatic rings. The molecule has 8 nitrogen and oxygen atoms in total. The summed E-state index contributed by atoms with van der Waals surface area (Å²) >= 11 is 0. The van der Waals surface area contributed by atoms with Crippen LogP contribution in [0.5, 0.6) is 5.75 Å². The highest BCUT2D eigenvalue weighted by atomic mass is 19.4. The number of nitrogens with one attached hydrogen (secondary N) is 2. The number of aromatic amines is 1. The number of hydrogen-bond donors (Lipinski definition) is 2. The fourth-order valence-electron chi connectivity index (χ4n) is 3.61. The van der Waals surface area contributed by atoms with Crippen molar-refractivity contribution in [3.05, 3.63) is 47.5 Å². The first kappa shape index (κ1) is 22.8. The molecule has 35 heavy (non-hydrogen) atoms. The summed E-state index contributed by atoms with van der Waals surface area (Å²) in [5, 5.41) is 3.17. The van der Waals surface area contributed by atoms with E-state index in [0.717, 1.165) is 24.7 Å². The molecule has 0 aliphatic heterocycles. The van der Waals surface area contributed by atoms with Crippen LogP contribution in [-0.4, -0.2) is 46.1 Å². The lowest BCUT2D eigenvalue weighted by molar-refractivity contribution is -0.139. The van der Waals surface area contributed by atoms with Crippen LogP contribution < -0.4 is 15.0 Å². The SMILES string of the molecule is COc1cc2nc(-c3ccc(C(F)(F)F)c(F)c3)[nH]c2cc1Nc1nc(C2CC2)nc(N(C)C)n1. The van der Waals surface area contributed by atoms with Crippen LogP contribution in [0.25, 0.3) is 22.4 Å². The summed E-state index contributed by atoms with van der Waals surface area (Å²) in [6.45, 7) is 0. The van der Waals surface area contributed by atoms with Gasteiger partial charge in [0.1, 0.15) is 23.2 Å². The van der Waals surface area contributed by atoms with E-state index >= 15 is 0 Å². The topological polar surface area (TPSA) is 91.8 Å². The molecule has 1 fully saturated rings. The number of aromatic nitrogens is 5. The standard InChI is InChI=1S/C23H21F4N7O/c1-34(2)22-32-19(11-4-5-11)31-21(33-22)30-17-9-15-16(10-18(17)35-3)29-20(28-15)12-6-7-13(14(24)8-12)23(25,26)27/h6-11H,4-5H2,1-3H3,(H,28,29)(H,30,31,32,33). The molecule has 2 N–H and O–H groups in total. The second-order valence-electron chi connectivity index (χ2n) is 8.46. The first-order valence-corrected chi connectivity index (χ1v) is 10.8.